The first-order chi connectivity index (χ1) is 9.26. The molecule has 2 nitrogen and oxygen atoms in total. The van der Waals surface area contributed by atoms with Crippen LogP contribution in [-0.2, 0) is 6.67 Å². The van der Waals surface area contributed by atoms with Gasteiger partial charge in [-0.3, -0.25) is 0 Å². The Morgan fingerprint density at radius 3 is 2.68 bits per heavy atom. The summed E-state index contributed by atoms with van der Waals surface area (Å²) in [5.41, 5.74) is 4.54. The first-order valence-electron chi connectivity index (χ1n) is 6.22. The summed E-state index contributed by atoms with van der Waals surface area (Å²) in [7, 11) is 0. The predicted molar refractivity (Wildman–Crippen MR) is 74.1 cm³/mol. The fourth-order valence-electron chi connectivity index (χ4n) is 2.09. The molecular formula is C16H14FNO. The number of benzene rings is 2. The zero-order chi connectivity index (χ0) is 13.2. The van der Waals surface area contributed by atoms with Gasteiger partial charge in [-0.25, -0.2) is 9.38 Å². The van der Waals surface area contributed by atoms with Crippen molar-refractivity contribution in [3.63, 3.8) is 0 Å². The van der Waals surface area contributed by atoms with Gasteiger partial charge in [-0.15, -0.1) is 0 Å². The normalized spacial score (nSPS) is 13.5. The van der Waals surface area contributed by atoms with Gasteiger partial charge in [0.15, 0.2) is 0 Å². The molecule has 1 heterocycles. The maximum atomic E-state index is 12.5. The predicted octanol–water partition coefficient (Wildman–Crippen LogP) is 3.98. The van der Waals surface area contributed by atoms with Gasteiger partial charge in [0, 0.05) is 0 Å². The Kier molecular flexibility index (Phi) is 3.03. The van der Waals surface area contributed by atoms with Crippen LogP contribution in [0.3, 0.4) is 0 Å². The number of rotatable bonds is 2. The molecule has 0 saturated heterocycles. The fraction of sp³-hybridized carbons (Fsp3) is 0.188. The molecule has 3 rings (SSSR count). The molecule has 3 heteroatoms. The molecule has 0 N–H and O–H groups in total. The van der Waals surface area contributed by atoms with E-state index in [9.17, 15) is 4.39 Å². The van der Waals surface area contributed by atoms with Crippen LogP contribution < -0.4 is 4.74 Å². The van der Waals surface area contributed by atoms with Crippen molar-refractivity contribution in [1.82, 2.24) is 0 Å². The standard InChI is InChI=1S/C16H14FNO/c1-11-2-7-14-16(8-11)19-10-15(18-14)13-5-3-12(9-17)4-6-13/h2-8H,9-10H2,1H3. The molecule has 0 bridgehead atoms. The van der Waals surface area contributed by atoms with E-state index in [0.717, 1.165) is 28.3 Å². The molecule has 1 aliphatic heterocycles. The molecule has 96 valence electrons. The van der Waals surface area contributed by atoms with E-state index >= 15 is 0 Å². The Bertz CT molecular complexity index is 632. The van der Waals surface area contributed by atoms with E-state index in [0.29, 0.717) is 12.2 Å². The number of hydrogen-bond acceptors (Lipinski definition) is 2. The number of hydrogen-bond donors (Lipinski definition) is 0. The van der Waals surface area contributed by atoms with Crippen LogP contribution in [-0.4, -0.2) is 12.3 Å². The van der Waals surface area contributed by atoms with Crippen LogP contribution in [0.25, 0.3) is 0 Å². The average molecular weight is 255 g/mol. The van der Waals surface area contributed by atoms with E-state index in [-0.39, 0.29) is 0 Å². The van der Waals surface area contributed by atoms with E-state index in [4.69, 9.17) is 4.74 Å². The van der Waals surface area contributed by atoms with Gasteiger partial charge in [-0.1, -0.05) is 30.3 Å². The van der Waals surface area contributed by atoms with Crippen LogP contribution in [0.4, 0.5) is 10.1 Å². The highest BCUT2D eigenvalue weighted by Gasteiger charge is 2.14. The Labute approximate surface area is 111 Å². The molecule has 2 aromatic carbocycles. The zero-order valence-corrected chi connectivity index (χ0v) is 10.7. The molecule has 0 atom stereocenters. The largest absolute Gasteiger partial charge is 0.485 e. The SMILES string of the molecule is Cc1ccc2c(c1)OCC(c1ccc(CF)cc1)=N2. The van der Waals surface area contributed by atoms with Gasteiger partial charge in [0.2, 0.25) is 0 Å². The van der Waals surface area contributed by atoms with Crippen molar-refractivity contribution < 1.29 is 9.13 Å². The van der Waals surface area contributed by atoms with Crippen molar-refractivity contribution >= 4 is 11.4 Å². The summed E-state index contributed by atoms with van der Waals surface area (Å²) < 4.78 is 18.2. The second kappa shape index (κ2) is 4.84. The lowest BCUT2D eigenvalue weighted by molar-refractivity contribution is 0.372. The molecule has 2 aromatic rings. The molecule has 1 aliphatic rings. The fourth-order valence-corrected chi connectivity index (χ4v) is 2.09. The summed E-state index contributed by atoms with van der Waals surface area (Å²) >= 11 is 0. The maximum absolute atomic E-state index is 12.5. The monoisotopic (exact) mass is 255 g/mol. The summed E-state index contributed by atoms with van der Waals surface area (Å²) in [6.07, 6.45) is 0. The minimum atomic E-state index is -0.439. The zero-order valence-electron chi connectivity index (χ0n) is 10.7. The highest BCUT2D eigenvalue weighted by Crippen LogP contribution is 2.32. The summed E-state index contributed by atoms with van der Waals surface area (Å²) in [5.74, 6) is 0.823. The number of ether oxygens (including phenoxy) is 1. The number of halogens is 1. The molecular weight excluding hydrogens is 241 g/mol. The molecule has 0 aromatic heterocycles. The Balaban J connectivity index is 1.95. The van der Waals surface area contributed by atoms with E-state index in [1.165, 1.54) is 0 Å². The van der Waals surface area contributed by atoms with Crippen LogP contribution in [0.5, 0.6) is 5.75 Å². The molecule has 0 amide bonds. The summed E-state index contributed by atoms with van der Waals surface area (Å²) in [4.78, 5) is 4.61. The molecule has 0 saturated carbocycles. The van der Waals surface area contributed by atoms with Gasteiger partial charge in [0.25, 0.3) is 0 Å². The first-order valence-corrected chi connectivity index (χ1v) is 6.22. The number of aryl methyl sites for hydroxylation is 1. The Morgan fingerprint density at radius 1 is 1.16 bits per heavy atom. The van der Waals surface area contributed by atoms with Gasteiger partial charge in [-0.2, -0.15) is 0 Å². The lowest BCUT2D eigenvalue weighted by Gasteiger charge is -2.17. The molecule has 0 aliphatic carbocycles. The topological polar surface area (TPSA) is 21.6 Å². The van der Waals surface area contributed by atoms with Crippen molar-refractivity contribution in [2.24, 2.45) is 4.99 Å². The van der Waals surface area contributed by atoms with Gasteiger partial charge < -0.3 is 4.74 Å². The number of nitrogens with zero attached hydrogens (tertiary/aromatic N) is 1. The quantitative estimate of drug-likeness (QED) is 0.795. The van der Waals surface area contributed by atoms with Gasteiger partial charge in [0.1, 0.15) is 24.7 Å². The van der Waals surface area contributed by atoms with Gasteiger partial charge >= 0.3 is 0 Å². The number of aliphatic imine (C=N–C) groups is 1. The van der Waals surface area contributed by atoms with E-state index in [2.05, 4.69) is 4.99 Å². The number of fused-ring (bicyclic) bond motifs is 1. The van der Waals surface area contributed by atoms with Crippen molar-refractivity contribution in [2.75, 3.05) is 6.61 Å². The van der Waals surface area contributed by atoms with Gasteiger partial charge in [0.05, 0.1) is 5.71 Å². The van der Waals surface area contributed by atoms with Crippen LogP contribution in [0.2, 0.25) is 0 Å². The molecule has 0 radical (unpaired) electrons. The smallest absolute Gasteiger partial charge is 0.145 e. The minimum absolute atomic E-state index is 0.439. The van der Waals surface area contributed by atoms with Gasteiger partial charge in [-0.05, 0) is 35.7 Å². The lowest BCUT2D eigenvalue weighted by atomic mass is 10.1. The molecule has 19 heavy (non-hydrogen) atoms. The third kappa shape index (κ3) is 2.36. The van der Waals surface area contributed by atoms with E-state index in [1.54, 1.807) is 12.1 Å². The Hall–Kier alpha value is -2.16. The highest BCUT2D eigenvalue weighted by molar-refractivity contribution is 6.04. The third-order valence-electron chi connectivity index (χ3n) is 3.18. The van der Waals surface area contributed by atoms with Crippen molar-refractivity contribution in [1.29, 1.82) is 0 Å². The minimum Gasteiger partial charge on any atom is -0.485 e. The maximum Gasteiger partial charge on any atom is 0.145 e. The lowest BCUT2D eigenvalue weighted by Crippen LogP contribution is -2.16. The van der Waals surface area contributed by atoms with Crippen LogP contribution in [0.1, 0.15) is 16.7 Å². The molecule has 0 fully saturated rings. The average Bonchev–Trinajstić information content (AvgIpc) is 2.47. The highest BCUT2D eigenvalue weighted by atomic mass is 19.1. The molecule has 0 unspecified atom stereocenters. The van der Waals surface area contributed by atoms with Crippen LogP contribution >= 0.6 is 0 Å². The second-order valence-corrected chi connectivity index (χ2v) is 4.65. The molecule has 0 spiro atoms. The van der Waals surface area contributed by atoms with Crippen molar-refractivity contribution in [2.45, 2.75) is 13.6 Å². The number of alkyl halides is 1. The van der Waals surface area contributed by atoms with E-state index in [1.807, 2.05) is 37.3 Å². The summed E-state index contributed by atoms with van der Waals surface area (Å²) in [6, 6.07) is 13.3. The van der Waals surface area contributed by atoms with Crippen LogP contribution in [0.15, 0.2) is 47.5 Å². The second-order valence-electron chi connectivity index (χ2n) is 4.65. The Morgan fingerprint density at radius 2 is 1.95 bits per heavy atom. The summed E-state index contributed by atoms with van der Waals surface area (Å²) in [5, 5.41) is 0. The van der Waals surface area contributed by atoms with Crippen molar-refractivity contribution in [3.05, 3.63) is 59.2 Å². The van der Waals surface area contributed by atoms with Crippen molar-refractivity contribution in [3.8, 4) is 5.75 Å². The van der Waals surface area contributed by atoms with Crippen LogP contribution in [0, 0.1) is 6.92 Å². The van der Waals surface area contributed by atoms with E-state index < -0.39 is 6.67 Å². The first kappa shape index (κ1) is 11.9. The third-order valence-corrected chi connectivity index (χ3v) is 3.18. The summed E-state index contributed by atoms with van der Waals surface area (Å²) in [6.45, 7) is 2.04.